The number of halogens is 2. The summed E-state index contributed by atoms with van der Waals surface area (Å²) in [7, 11) is 0. The minimum atomic E-state index is -2.86. The highest BCUT2D eigenvalue weighted by Gasteiger charge is 2.13. The van der Waals surface area contributed by atoms with Crippen LogP contribution in [-0.4, -0.2) is 16.6 Å². The molecule has 1 heterocycles. The number of alkyl halides is 2. The zero-order valence-corrected chi connectivity index (χ0v) is 12.4. The molecule has 0 aliphatic rings. The number of aromatic nitrogens is 2. The van der Waals surface area contributed by atoms with Gasteiger partial charge in [0.25, 0.3) is 0 Å². The van der Waals surface area contributed by atoms with Crippen molar-refractivity contribution in [2.24, 2.45) is 0 Å². The van der Waals surface area contributed by atoms with Crippen LogP contribution in [0.4, 0.5) is 8.78 Å². The maximum atomic E-state index is 12.4. The van der Waals surface area contributed by atoms with Gasteiger partial charge in [-0.25, -0.2) is 4.98 Å². The van der Waals surface area contributed by atoms with Gasteiger partial charge in [-0.1, -0.05) is 27.7 Å². The Morgan fingerprint density at radius 3 is 2.35 bits per heavy atom. The summed E-state index contributed by atoms with van der Waals surface area (Å²) in [5, 5.41) is 0. The highest BCUT2D eigenvalue weighted by molar-refractivity contribution is 5.82. The van der Waals surface area contributed by atoms with Crippen molar-refractivity contribution >= 4 is 11.0 Å². The minimum Gasteiger partial charge on any atom is -0.432 e. The number of aryl methyl sites for hydroxylation is 1. The average Bonchev–Trinajstić information content (AvgIpc) is 2.40. The van der Waals surface area contributed by atoms with E-state index in [4.69, 9.17) is 0 Å². The number of hydrogen-bond donors (Lipinski definition) is 0. The number of rotatable bonds is 3. The van der Waals surface area contributed by atoms with Crippen LogP contribution in [0.25, 0.3) is 11.0 Å². The maximum Gasteiger partial charge on any atom is 0.387 e. The highest BCUT2D eigenvalue weighted by atomic mass is 19.3. The fraction of sp³-hybridized carbons (Fsp3) is 0.467. The van der Waals surface area contributed by atoms with Crippen LogP contribution in [-0.2, 0) is 0 Å². The highest BCUT2D eigenvalue weighted by Crippen LogP contribution is 2.29. The normalized spacial score (nSPS) is 10.7. The molecule has 3 nitrogen and oxygen atoms in total. The number of fused-ring (bicyclic) bond motifs is 1. The Bertz CT molecular complexity index is 571. The summed E-state index contributed by atoms with van der Waals surface area (Å²) in [5.74, 6) is 0.292. The second kappa shape index (κ2) is 7.12. The molecule has 0 unspecified atom stereocenters. The maximum absolute atomic E-state index is 12.4. The van der Waals surface area contributed by atoms with E-state index in [0.29, 0.717) is 16.7 Å². The molecule has 0 saturated heterocycles. The molecule has 0 amide bonds. The van der Waals surface area contributed by atoms with E-state index in [1.54, 1.807) is 19.2 Å². The molecule has 2 aromatic rings. The van der Waals surface area contributed by atoms with E-state index >= 15 is 0 Å². The van der Waals surface area contributed by atoms with Crippen LogP contribution in [0.3, 0.4) is 0 Å². The smallest absolute Gasteiger partial charge is 0.387 e. The van der Waals surface area contributed by atoms with E-state index in [9.17, 15) is 8.78 Å². The molecule has 0 bridgehead atoms. The third kappa shape index (κ3) is 3.85. The first-order chi connectivity index (χ1) is 9.47. The van der Waals surface area contributed by atoms with Gasteiger partial charge in [0.15, 0.2) is 5.75 Å². The van der Waals surface area contributed by atoms with Gasteiger partial charge in [0.1, 0.15) is 5.52 Å². The molecule has 0 spiro atoms. The molecule has 0 atom stereocenters. The molecule has 0 saturated carbocycles. The summed E-state index contributed by atoms with van der Waals surface area (Å²) in [6.45, 7) is 6.86. The van der Waals surface area contributed by atoms with Crippen molar-refractivity contribution in [3.05, 3.63) is 29.6 Å². The summed E-state index contributed by atoms with van der Waals surface area (Å²) >= 11 is 0. The largest absolute Gasteiger partial charge is 0.432 e. The van der Waals surface area contributed by atoms with Crippen molar-refractivity contribution in [3.8, 4) is 5.75 Å². The van der Waals surface area contributed by atoms with Crippen LogP contribution in [0, 0.1) is 6.92 Å². The van der Waals surface area contributed by atoms with E-state index in [2.05, 4.69) is 14.7 Å². The van der Waals surface area contributed by atoms with Crippen molar-refractivity contribution < 1.29 is 13.5 Å². The lowest BCUT2D eigenvalue weighted by Crippen LogP contribution is -2.04. The first kappa shape index (κ1) is 16.3. The summed E-state index contributed by atoms with van der Waals surface area (Å²) < 4.78 is 29.4. The van der Waals surface area contributed by atoms with Crippen LogP contribution in [0.2, 0.25) is 0 Å². The molecule has 110 valence electrons. The van der Waals surface area contributed by atoms with Crippen LogP contribution in [0.15, 0.2) is 18.3 Å². The molecule has 0 N–H and O–H groups in total. The van der Waals surface area contributed by atoms with Gasteiger partial charge >= 0.3 is 6.61 Å². The molecular formula is C15H20F2N2O. The zero-order valence-electron chi connectivity index (χ0n) is 12.4. The Morgan fingerprint density at radius 2 is 1.80 bits per heavy atom. The average molecular weight is 282 g/mol. The van der Waals surface area contributed by atoms with E-state index in [-0.39, 0.29) is 11.7 Å². The fourth-order valence-corrected chi connectivity index (χ4v) is 1.71. The molecule has 2 rings (SSSR count). The van der Waals surface area contributed by atoms with Crippen molar-refractivity contribution in [2.45, 2.75) is 47.1 Å². The van der Waals surface area contributed by atoms with Crippen LogP contribution in [0.5, 0.6) is 5.75 Å². The van der Waals surface area contributed by atoms with Gasteiger partial charge in [0.2, 0.25) is 0 Å². The molecule has 0 fully saturated rings. The molecule has 20 heavy (non-hydrogen) atoms. The Balaban J connectivity index is 0.000000956. The number of nitrogens with zero attached hydrogens (tertiary/aromatic N) is 2. The van der Waals surface area contributed by atoms with Crippen molar-refractivity contribution in [2.75, 3.05) is 0 Å². The quantitative estimate of drug-likeness (QED) is 0.819. The summed E-state index contributed by atoms with van der Waals surface area (Å²) in [6.07, 6.45) is 1.61. The first-order valence-corrected chi connectivity index (χ1v) is 6.69. The number of benzene rings is 1. The molecule has 0 aliphatic heterocycles. The Labute approximate surface area is 118 Å². The lowest BCUT2D eigenvalue weighted by molar-refractivity contribution is -0.0489. The van der Waals surface area contributed by atoms with Gasteiger partial charge in [-0.05, 0) is 30.5 Å². The van der Waals surface area contributed by atoms with Gasteiger partial charge in [-0.3, -0.25) is 4.98 Å². The molecule has 0 aliphatic carbocycles. The monoisotopic (exact) mass is 282 g/mol. The molecule has 5 heteroatoms. The Morgan fingerprint density at radius 1 is 1.15 bits per heavy atom. The van der Waals surface area contributed by atoms with Gasteiger partial charge in [-0.15, -0.1) is 0 Å². The molecular weight excluding hydrogens is 262 g/mol. The molecule has 1 aromatic carbocycles. The van der Waals surface area contributed by atoms with Crippen LogP contribution in [0.1, 0.15) is 44.9 Å². The van der Waals surface area contributed by atoms with Crippen LogP contribution < -0.4 is 4.74 Å². The Hall–Kier alpha value is -1.78. The third-order valence-corrected chi connectivity index (χ3v) is 2.64. The van der Waals surface area contributed by atoms with E-state index in [1.807, 2.05) is 33.8 Å². The van der Waals surface area contributed by atoms with Crippen molar-refractivity contribution in [1.82, 2.24) is 9.97 Å². The summed E-state index contributed by atoms with van der Waals surface area (Å²) in [5.41, 5.74) is 2.51. The van der Waals surface area contributed by atoms with Crippen molar-refractivity contribution in [1.29, 1.82) is 0 Å². The van der Waals surface area contributed by atoms with E-state index in [0.717, 1.165) is 5.56 Å². The lowest BCUT2D eigenvalue weighted by atomic mass is 10.0. The number of ether oxygens (including phenoxy) is 1. The lowest BCUT2D eigenvalue weighted by Gasteiger charge is -2.12. The topological polar surface area (TPSA) is 35.0 Å². The SMILES string of the molecule is CC.Cc1cnc2cc(C(C)C)cc(OC(F)F)c2n1. The standard InChI is InChI=1S/C13H14F2N2O.C2H6/c1-7(2)9-4-10-12(17-8(3)6-16-10)11(5-9)18-13(14)15;1-2/h4-7,13H,1-3H3;1-2H3. The predicted molar refractivity (Wildman–Crippen MR) is 76.3 cm³/mol. The summed E-state index contributed by atoms with van der Waals surface area (Å²) in [6, 6.07) is 3.46. The van der Waals surface area contributed by atoms with Crippen LogP contribution >= 0.6 is 0 Å². The second-order valence-corrected chi connectivity index (χ2v) is 4.43. The van der Waals surface area contributed by atoms with Gasteiger partial charge in [0, 0.05) is 6.20 Å². The second-order valence-electron chi connectivity index (χ2n) is 4.43. The van der Waals surface area contributed by atoms with Gasteiger partial charge < -0.3 is 4.74 Å². The fourth-order valence-electron chi connectivity index (χ4n) is 1.71. The van der Waals surface area contributed by atoms with E-state index < -0.39 is 6.61 Å². The third-order valence-electron chi connectivity index (χ3n) is 2.64. The van der Waals surface area contributed by atoms with E-state index in [1.165, 1.54) is 0 Å². The Kier molecular flexibility index (Phi) is 5.80. The van der Waals surface area contributed by atoms with Crippen molar-refractivity contribution in [3.63, 3.8) is 0 Å². The molecule has 0 radical (unpaired) electrons. The van der Waals surface area contributed by atoms with Gasteiger partial charge in [-0.2, -0.15) is 8.78 Å². The number of hydrogen-bond acceptors (Lipinski definition) is 3. The first-order valence-electron chi connectivity index (χ1n) is 6.69. The summed E-state index contributed by atoms with van der Waals surface area (Å²) in [4.78, 5) is 8.41. The van der Waals surface area contributed by atoms with Gasteiger partial charge in [0.05, 0.1) is 11.2 Å². The zero-order chi connectivity index (χ0) is 15.3. The molecule has 1 aromatic heterocycles. The predicted octanol–water partition coefficient (Wildman–Crippen LogP) is 4.69. The minimum absolute atomic E-state index is 0.0856.